The monoisotopic (exact) mass is 303 g/mol. The van der Waals surface area contributed by atoms with Crippen LogP contribution in [0.3, 0.4) is 0 Å². The summed E-state index contributed by atoms with van der Waals surface area (Å²) in [6.07, 6.45) is 2.77. The van der Waals surface area contributed by atoms with Gasteiger partial charge in [0.25, 0.3) is 0 Å². The van der Waals surface area contributed by atoms with Crippen LogP contribution in [0.1, 0.15) is 55.7 Å². The van der Waals surface area contributed by atoms with E-state index in [0.29, 0.717) is 0 Å². The van der Waals surface area contributed by atoms with Crippen molar-refractivity contribution in [2.75, 3.05) is 6.54 Å². The van der Waals surface area contributed by atoms with Crippen LogP contribution in [0.5, 0.6) is 0 Å². The van der Waals surface area contributed by atoms with Crippen LogP contribution in [0.2, 0.25) is 0 Å². The third-order valence-electron chi connectivity index (χ3n) is 3.57. The zero-order valence-corrected chi connectivity index (χ0v) is 14.4. The molecule has 3 nitrogen and oxygen atoms in total. The lowest BCUT2D eigenvalue weighted by molar-refractivity contribution is 0.536. The van der Waals surface area contributed by atoms with E-state index in [1.165, 1.54) is 16.3 Å². The highest BCUT2D eigenvalue weighted by Crippen LogP contribution is 2.27. The van der Waals surface area contributed by atoms with Crippen LogP contribution in [0.25, 0.3) is 0 Å². The molecule has 2 heterocycles. The fraction of sp³-hybridized carbons (Fsp3) is 0.529. The number of likely N-dealkylation sites (N-methyl/N-ethyl adjacent to an activating group) is 1. The maximum absolute atomic E-state index is 4.82. The largest absolute Gasteiger partial charge is 0.310 e. The maximum Gasteiger partial charge on any atom is 0.0947 e. The Morgan fingerprint density at radius 2 is 2.10 bits per heavy atom. The standard InChI is InChI=1S/C17H25N3S/c1-6-18-14(13-8-7-9-19-12(13)2)10-16-20-15(11-21-16)17(3,4)5/h7-9,11,14,18H,6,10H2,1-5H3. The van der Waals surface area contributed by atoms with Gasteiger partial charge in [0.1, 0.15) is 0 Å². The minimum atomic E-state index is 0.118. The Kier molecular flexibility index (Phi) is 5.12. The topological polar surface area (TPSA) is 37.8 Å². The van der Waals surface area contributed by atoms with Crippen molar-refractivity contribution >= 4 is 11.3 Å². The van der Waals surface area contributed by atoms with Gasteiger partial charge in [-0.15, -0.1) is 11.3 Å². The van der Waals surface area contributed by atoms with Crippen molar-refractivity contribution in [3.8, 4) is 0 Å². The number of hydrogen-bond donors (Lipinski definition) is 1. The second-order valence-corrected chi connectivity index (χ2v) is 7.31. The molecule has 1 unspecified atom stereocenters. The Morgan fingerprint density at radius 3 is 2.67 bits per heavy atom. The molecule has 0 saturated carbocycles. The molecule has 114 valence electrons. The van der Waals surface area contributed by atoms with Gasteiger partial charge in [0, 0.05) is 35.1 Å². The van der Waals surface area contributed by atoms with E-state index in [0.717, 1.165) is 18.7 Å². The van der Waals surface area contributed by atoms with Gasteiger partial charge in [0.2, 0.25) is 0 Å². The van der Waals surface area contributed by atoms with Crippen LogP contribution < -0.4 is 5.32 Å². The lowest BCUT2D eigenvalue weighted by atomic mass is 9.93. The summed E-state index contributed by atoms with van der Waals surface area (Å²) in [6.45, 7) is 11.8. The smallest absolute Gasteiger partial charge is 0.0947 e. The molecule has 0 fully saturated rings. The Bertz CT molecular complexity index is 584. The van der Waals surface area contributed by atoms with Crippen LogP contribution >= 0.6 is 11.3 Å². The van der Waals surface area contributed by atoms with Crippen LogP contribution in [0, 0.1) is 6.92 Å². The van der Waals surface area contributed by atoms with E-state index in [4.69, 9.17) is 4.98 Å². The van der Waals surface area contributed by atoms with E-state index < -0.39 is 0 Å². The van der Waals surface area contributed by atoms with Gasteiger partial charge in [-0.2, -0.15) is 0 Å². The molecule has 2 aromatic rings. The first-order valence-corrected chi connectivity index (χ1v) is 8.39. The van der Waals surface area contributed by atoms with Crippen LogP contribution in [-0.2, 0) is 11.8 Å². The van der Waals surface area contributed by atoms with E-state index in [1.54, 1.807) is 11.3 Å². The van der Waals surface area contributed by atoms with Crippen molar-refractivity contribution in [3.05, 3.63) is 45.7 Å². The van der Waals surface area contributed by atoms with E-state index in [2.05, 4.69) is 56.4 Å². The van der Waals surface area contributed by atoms with E-state index in [-0.39, 0.29) is 11.5 Å². The molecule has 1 atom stereocenters. The third-order valence-corrected chi connectivity index (χ3v) is 4.44. The number of hydrogen-bond acceptors (Lipinski definition) is 4. The molecule has 0 radical (unpaired) electrons. The highest BCUT2D eigenvalue weighted by atomic mass is 32.1. The average Bonchev–Trinajstić information content (AvgIpc) is 2.87. The molecule has 0 spiro atoms. The minimum Gasteiger partial charge on any atom is -0.310 e. The van der Waals surface area contributed by atoms with Crippen LogP contribution in [0.15, 0.2) is 23.7 Å². The average molecular weight is 303 g/mol. The second-order valence-electron chi connectivity index (χ2n) is 6.37. The SMILES string of the molecule is CCNC(Cc1nc(C(C)(C)C)cs1)c1cccnc1C. The zero-order valence-electron chi connectivity index (χ0n) is 13.6. The Balaban J connectivity index is 2.21. The fourth-order valence-electron chi connectivity index (χ4n) is 2.33. The summed E-state index contributed by atoms with van der Waals surface area (Å²) in [7, 11) is 0. The summed E-state index contributed by atoms with van der Waals surface area (Å²) in [5.74, 6) is 0. The molecule has 0 aliphatic rings. The highest BCUT2D eigenvalue weighted by Gasteiger charge is 2.20. The van der Waals surface area contributed by atoms with Crippen LogP contribution in [-0.4, -0.2) is 16.5 Å². The molecular formula is C17H25N3S. The van der Waals surface area contributed by atoms with E-state index in [1.807, 2.05) is 12.3 Å². The Morgan fingerprint density at radius 1 is 1.33 bits per heavy atom. The van der Waals surface area contributed by atoms with Crippen molar-refractivity contribution in [2.45, 2.75) is 52.5 Å². The number of pyridine rings is 1. The minimum absolute atomic E-state index is 0.118. The number of nitrogens with one attached hydrogen (secondary N) is 1. The summed E-state index contributed by atoms with van der Waals surface area (Å²) in [4.78, 5) is 9.23. The van der Waals surface area contributed by atoms with Gasteiger partial charge >= 0.3 is 0 Å². The Hall–Kier alpha value is -1.26. The molecule has 0 bridgehead atoms. The maximum atomic E-state index is 4.82. The fourth-order valence-corrected chi connectivity index (χ4v) is 3.40. The normalized spacial score (nSPS) is 13.4. The van der Waals surface area contributed by atoms with Gasteiger partial charge in [-0.05, 0) is 25.1 Å². The lowest BCUT2D eigenvalue weighted by Gasteiger charge is -2.19. The predicted molar refractivity (Wildman–Crippen MR) is 89.9 cm³/mol. The first kappa shape index (κ1) is 16.1. The van der Waals surface area contributed by atoms with Gasteiger partial charge in [-0.3, -0.25) is 4.98 Å². The summed E-state index contributed by atoms with van der Waals surface area (Å²) < 4.78 is 0. The molecule has 0 aliphatic carbocycles. The highest BCUT2D eigenvalue weighted by molar-refractivity contribution is 7.09. The summed E-state index contributed by atoms with van der Waals surface area (Å²) in [5, 5.41) is 6.94. The third kappa shape index (κ3) is 4.11. The van der Waals surface area contributed by atoms with E-state index in [9.17, 15) is 0 Å². The molecule has 0 aliphatic heterocycles. The lowest BCUT2D eigenvalue weighted by Crippen LogP contribution is -2.24. The van der Waals surface area contributed by atoms with E-state index >= 15 is 0 Å². The zero-order chi connectivity index (χ0) is 15.5. The summed E-state index contributed by atoms with van der Waals surface area (Å²) >= 11 is 1.76. The van der Waals surface area contributed by atoms with Crippen LogP contribution in [0.4, 0.5) is 0 Å². The number of nitrogens with zero attached hydrogens (tertiary/aromatic N) is 2. The number of thiazole rings is 1. The van der Waals surface area contributed by atoms with Gasteiger partial charge in [0.05, 0.1) is 10.7 Å². The number of rotatable bonds is 5. The van der Waals surface area contributed by atoms with Crippen molar-refractivity contribution in [2.24, 2.45) is 0 Å². The summed E-state index contributed by atoms with van der Waals surface area (Å²) in [5.41, 5.74) is 3.66. The molecule has 1 N–H and O–H groups in total. The first-order valence-electron chi connectivity index (χ1n) is 7.51. The molecule has 2 aromatic heterocycles. The van der Waals surface area contributed by atoms with Gasteiger partial charge in [0.15, 0.2) is 0 Å². The van der Waals surface area contributed by atoms with Crippen molar-refractivity contribution in [1.29, 1.82) is 0 Å². The predicted octanol–water partition coefficient (Wildman–Crippen LogP) is 4.04. The molecule has 0 amide bonds. The van der Waals surface area contributed by atoms with Crippen molar-refractivity contribution in [1.82, 2.24) is 15.3 Å². The van der Waals surface area contributed by atoms with Crippen molar-refractivity contribution in [3.63, 3.8) is 0 Å². The van der Waals surface area contributed by atoms with Crippen molar-refractivity contribution < 1.29 is 0 Å². The molecule has 0 saturated heterocycles. The van der Waals surface area contributed by atoms with Gasteiger partial charge < -0.3 is 5.32 Å². The molecule has 4 heteroatoms. The Labute approximate surface area is 131 Å². The van der Waals surface area contributed by atoms with Gasteiger partial charge in [-0.1, -0.05) is 33.8 Å². The molecule has 0 aromatic carbocycles. The molecule has 21 heavy (non-hydrogen) atoms. The molecule has 2 rings (SSSR count). The first-order chi connectivity index (χ1) is 9.91. The van der Waals surface area contributed by atoms with Gasteiger partial charge in [-0.25, -0.2) is 4.98 Å². The summed E-state index contributed by atoms with van der Waals surface area (Å²) in [6, 6.07) is 4.45. The number of aryl methyl sites for hydroxylation is 1. The molecular weight excluding hydrogens is 278 g/mol. The number of aromatic nitrogens is 2. The quantitative estimate of drug-likeness (QED) is 0.906. The second kappa shape index (κ2) is 6.67.